The van der Waals surface area contributed by atoms with Crippen LogP contribution in [0.15, 0.2) is 72.8 Å². The molecule has 0 spiro atoms. The molecule has 1 fully saturated rings. The lowest BCUT2D eigenvalue weighted by atomic mass is 9.48. The van der Waals surface area contributed by atoms with Crippen molar-refractivity contribution in [3.05, 3.63) is 95.1 Å². The summed E-state index contributed by atoms with van der Waals surface area (Å²) >= 11 is 0. The summed E-state index contributed by atoms with van der Waals surface area (Å²) < 4.78 is 5.68. The standard InChI is InChI=1S/C28H25NO3/c1-3-16-32-18-14-12-17(13-15-18)29-26(30)24-23-19-8-4-6-10-21(19)28(2,25(24)27(29)31)22-11-7-5-9-20(22)23/h4-15,23-25H,3,16H2,1-2H3/t23?,24-,25-,28?/m0/s1. The summed E-state index contributed by atoms with van der Waals surface area (Å²) in [4.78, 5) is 29.1. The van der Waals surface area contributed by atoms with Crippen molar-refractivity contribution in [1.29, 1.82) is 0 Å². The van der Waals surface area contributed by atoms with Gasteiger partial charge < -0.3 is 4.74 Å². The first-order chi connectivity index (χ1) is 15.6. The third-order valence-corrected chi connectivity index (χ3v) is 7.61. The lowest BCUT2D eigenvalue weighted by Gasteiger charge is -2.52. The third-order valence-electron chi connectivity index (χ3n) is 7.61. The molecule has 4 heteroatoms. The molecular formula is C28H25NO3. The molecule has 0 aromatic heterocycles. The predicted octanol–water partition coefficient (Wildman–Crippen LogP) is 5.05. The van der Waals surface area contributed by atoms with Crippen LogP contribution in [0, 0.1) is 11.8 Å². The number of rotatable bonds is 4. The molecule has 160 valence electrons. The number of ether oxygens (including phenoxy) is 1. The van der Waals surface area contributed by atoms with E-state index in [0.29, 0.717) is 12.3 Å². The highest BCUT2D eigenvalue weighted by molar-refractivity contribution is 6.23. The Morgan fingerprint density at radius 1 is 0.844 bits per heavy atom. The van der Waals surface area contributed by atoms with Crippen molar-refractivity contribution in [2.45, 2.75) is 31.6 Å². The molecule has 2 bridgehead atoms. The van der Waals surface area contributed by atoms with E-state index in [9.17, 15) is 9.59 Å². The molecule has 2 amide bonds. The van der Waals surface area contributed by atoms with E-state index in [1.807, 2.05) is 48.5 Å². The average molecular weight is 424 g/mol. The molecule has 3 aromatic rings. The Morgan fingerprint density at radius 3 is 2.03 bits per heavy atom. The molecule has 0 N–H and O–H groups in total. The van der Waals surface area contributed by atoms with Crippen molar-refractivity contribution in [2.24, 2.45) is 11.8 Å². The summed E-state index contributed by atoms with van der Waals surface area (Å²) in [5.74, 6) is -0.322. The number of carbonyl (C=O) groups excluding carboxylic acids is 2. The zero-order chi connectivity index (χ0) is 22.0. The quantitative estimate of drug-likeness (QED) is 0.552. The number of carbonyl (C=O) groups is 2. The monoisotopic (exact) mass is 423 g/mol. The minimum atomic E-state index is -0.529. The predicted molar refractivity (Wildman–Crippen MR) is 123 cm³/mol. The fourth-order valence-corrected chi connectivity index (χ4v) is 6.32. The van der Waals surface area contributed by atoms with Gasteiger partial charge in [0.1, 0.15) is 5.75 Å². The summed E-state index contributed by atoms with van der Waals surface area (Å²) in [6, 6.07) is 24.0. The van der Waals surface area contributed by atoms with Crippen molar-refractivity contribution in [3.8, 4) is 5.75 Å². The molecule has 0 saturated carbocycles. The van der Waals surface area contributed by atoms with Gasteiger partial charge in [0.2, 0.25) is 11.8 Å². The van der Waals surface area contributed by atoms with Crippen LogP contribution < -0.4 is 9.64 Å². The Hall–Kier alpha value is -3.40. The van der Waals surface area contributed by atoms with Crippen LogP contribution in [0.2, 0.25) is 0 Å². The van der Waals surface area contributed by atoms with Crippen LogP contribution in [0.4, 0.5) is 5.69 Å². The minimum Gasteiger partial charge on any atom is -0.494 e. The van der Waals surface area contributed by atoms with Gasteiger partial charge in [-0.15, -0.1) is 0 Å². The van der Waals surface area contributed by atoms with E-state index in [-0.39, 0.29) is 23.7 Å². The second-order valence-corrected chi connectivity index (χ2v) is 9.21. The van der Waals surface area contributed by atoms with Crippen LogP contribution in [-0.4, -0.2) is 18.4 Å². The molecule has 2 atom stereocenters. The van der Waals surface area contributed by atoms with E-state index in [0.717, 1.165) is 12.2 Å². The number of benzene rings is 3. The van der Waals surface area contributed by atoms with Crippen LogP contribution in [0.25, 0.3) is 0 Å². The fourth-order valence-electron chi connectivity index (χ4n) is 6.32. The number of amides is 2. The van der Waals surface area contributed by atoms with E-state index >= 15 is 0 Å². The second kappa shape index (κ2) is 6.80. The summed E-state index contributed by atoms with van der Waals surface area (Å²) in [7, 11) is 0. The van der Waals surface area contributed by atoms with E-state index < -0.39 is 11.3 Å². The highest BCUT2D eigenvalue weighted by Gasteiger charge is 2.66. The Balaban J connectivity index is 1.48. The first kappa shape index (κ1) is 19.3. The maximum atomic E-state index is 13.9. The lowest BCUT2D eigenvalue weighted by molar-refractivity contribution is -0.123. The molecule has 1 aliphatic heterocycles. The molecule has 0 radical (unpaired) electrons. The SMILES string of the molecule is CCCOc1ccc(N2C(=O)[C@@H]3[C@@H](C2=O)C2c4ccccc4C3(C)c3ccccc32)cc1. The molecule has 0 unspecified atom stereocenters. The van der Waals surface area contributed by atoms with Crippen molar-refractivity contribution in [3.63, 3.8) is 0 Å². The smallest absolute Gasteiger partial charge is 0.238 e. The maximum Gasteiger partial charge on any atom is 0.238 e. The van der Waals surface area contributed by atoms with Gasteiger partial charge in [-0.25, -0.2) is 4.90 Å². The van der Waals surface area contributed by atoms with Gasteiger partial charge in [0.05, 0.1) is 24.1 Å². The van der Waals surface area contributed by atoms with Gasteiger partial charge in [-0.3, -0.25) is 9.59 Å². The molecular weight excluding hydrogens is 398 g/mol. The van der Waals surface area contributed by atoms with Crippen molar-refractivity contribution < 1.29 is 14.3 Å². The normalized spacial score (nSPS) is 27.2. The first-order valence-corrected chi connectivity index (χ1v) is 11.4. The van der Waals surface area contributed by atoms with Crippen LogP contribution in [0.3, 0.4) is 0 Å². The molecule has 1 saturated heterocycles. The van der Waals surface area contributed by atoms with Crippen LogP contribution in [0.1, 0.15) is 48.4 Å². The maximum absolute atomic E-state index is 13.9. The van der Waals surface area contributed by atoms with Crippen LogP contribution >= 0.6 is 0 Å². The Labute approximate surface area is 187 Å². The average Bonchev–Trinajstić information content (AvgIpc) is 3.10. The lowest BCUT2D eigenvalue weighted by Crippen LogP contribution is -2.51. The van der Waals surface area contributed by atoms with Crippen LogP contribution in [-0.2, 0) is 15.0 Å². The zero-order valence-corrected chi connectivity index (χ0v) is 18.2. The molecule has 32 heavy (non-hydrogen) atoms. The summed E-state index contributed by atoms with van der Waals surface area (Å²) in [6.07, 6.45) is 0.926. The van der Waals surface area contributed by atoms with Gasteiger partial charge >= 0.3 is 0 Å². The molecule has 3 aliphatic carbocycles. The zero-order valence-electron chi connectivity index (χ0n) is 18.2. The fraction of sp³-hybridized carbons (Fsp3) is 0.286. The molecule has 3 aromatic carbocycles. The van der Waals surface area contributed by atoms with E-state index in [1.165, 1.54) is 27.2 Å². The number of imide groups is 1. The van der Waals surface area contributed by atoms with Crippen LogP contribution in [0.5, 0.6) is 5.75 Å². The highest BCUT2D eigenvalue weighted by Crippen LogP contribution is 2.64. The molecule has 7 rings (SSSR count). The Morgan fingerprint density at radius 2 is 1.44 bits per heavy atom. The van der Waals surface area contributed by atoms with Gasteiger partial charge in [-0.05, 0) is 52.9 Å². The third kappa shape index (κ3) is 2.32. The molecule has 1 heterocycles. The summed E-state index contributed by atoms with van der Waals surface area (Å²) in [6.45, 7) is 4.85. The van der Waals surface area contributed by atoms with E-state index in [4.69, 9.17) is 4.74 Å². The van der Waals surface area contributed by atoms with Gasteiger partial charge in [-0.1, -0.05) is 62.4 Å². The Bertz CT molecular complexity index is 1200. The van der Waals surface area contributed by atoms with E-state index in [2.05, 4.69) is 38.1 Å². The largest absolute Gasteiger partial charge is 0.494 e. The summed E-state index contributed by atoms with van der Waals surface area (Å²) in [5.41, 5.74) is 4.81. The topological polar surface area (TPSA) is 46.6 Å². The van der Waals surface area contributed by atoms with Gasteiger partial charge in [-0.2, -0.15) is 0 Å². The Kier molecular flexibility index (Phi) is 4.10. The van der Waals surface area contributed by atoms with Gasteiger partial charge in [0.25, 0.3) is 0 Å². The number of anilines is 1. The number of hydrogen-bond acceptors (Lipinski definition) is 3. The first-order valence-electron chi connectivity index (χ1n) is 11.4. The van der Waals surface area contributed by atoms with E-state index in [1.54, 1.807) is 0 Å². The highest BCUT2D eigenvalue weighted by atomic mass is 16.5. The second-order valence-electron chi connectivity index (χ2n) is 9.21. The molecule has 4 aliphatic rings. The minimum absolute atomic E-state index is 0.0946. The molecule has 4 nitrogen and oxygen atoms in total. The van der Waals surface area contributed by atoms with Gasteiger partial charge in [0, 0.05) is 11.3 Å². The van der Waals surface area contributed by atoms with Crippen molar-refractivity contribution in [2.75, 3.05) is 11.5 Å². The number of nitrogens with zero attached hydrogens (tertiary/aromatic N) is 1. The summed E-state index contributed by atoms with van der Waals surface area (Å²) in [5, 5.41) is 0. The van der Waals surface area contributed by atoms with Crippen molar-refractivity contribution in [1.82, 2.24) is 0 Å². The van der Waals surface area contributed by atoms with Crippen molar-refractivity contribution >= 4 is 17.5 Å². The number of hydrogen-bond donors (Lipinski definition) is 0. The van der Waals surface area contributed by atoms with Gasteiger partial charge in [0.15, 0.2) is 0 Å².